The SMILES string of the molecule is O=C(CC1CCCC1)N1CCC(Cn2ccnc2-c2ccccc2)CC1. The van der Waals surface area contributed by atoms with Gasteiger partial charge in [-0.3, -0.25) is 4.79 Å². The van der Waals surface area contributed by atoms with Crippen LogP contribution in [0.4, 0.5) is 0 Å². The molecule has 1 saturated carbocycles. The van der Waals surface area contributed by atoms with Gasteiger partial charge in [0.1, 0.15) is 5.82 Å². The van der Waals surface area contributed by atoms with Crippen molar-refractivity contribution in [2.24, 2.45) is 11.8 Å². The lowest BCUT2D eigenvalue weighted by atomic mass is 9.95. The van der Waals surface area contributed by atoms with E-state index in [1.54, 1.807) is 0 Å². The molecular formula is C22H29N3O. The molecule has 2 aliphatic rings. The van der Waals surface area contributed by atoms with Crippen molar-refractivity contribution >= 4 is 5.91 Å². The summed E-state index contributed by atoms with van der Waals surface area (Å²) < 4.78 is 2.27. The van der Waals surface area contributed by atoms with Crippen LogP contribution in [0, 0.1) is 11.8 Å². The molecule has 1 aromatic carbocycles. The highest BCUT2D eigenvalue weighted by atomic mass is 16.2. The third-order valence-corrected chi connectivity index (χ3v) is 6.11. The van der Waals surface area contributed by atoms with Crippen molar-refractivity contribution < 1.29 is 4.79 Å². The van der Waals surface area contributed by atoms with E-state index in [-0.39, 0.29) is 0 Å². The van der Waals surface area contributed by atoms with Gasteiger partial charge in [-0.05, 0) is 37.5 Å². The summed E-state index contributed by atoms with van der Waals surface area (Å²) in [4.78, 5) is 19.2. The van der Waals surface area contributed by atoms with E-state index < -0.39 is 0 Å². The highest BCUT2D eigenvalue weighted by Crippen LogP contribution is 2.29. The topological polar surface area (TPSA) is 38.1 Å². The van der Waals surface area contributed by atoms with E-state index in [1.165, 1.54) is 31.2 Å². The molecule has 1 aromatic heterocycles. The van der Waals surface area contributed by atoms with Gasteiger partial charge in [0.2, 0.25) is 5.91 Å². The molecule has 26 heavy (non-hydrogen) atoms. The minimum atomic E-state index is 0.392. The Hall–Kier alpha value is -2.10. The zero-order valence-corrected chi connectivity index (χ0v) is 15.5. The van der Waals surface area contributed by atoms with Crippen LogP contribution in [0.5, 0.6) is 0 Å². The van der Waals surface area contributed by atoms with Gasteiger partial charge < -0.3 is 9.47 Å². The van der Waals surface area contributed by atoms with Crippen LogP contribution < -0.4 is 0 Å². The standard InChI is InChI=1S/C22H29N3O/c26-21(16-18-6-4-5-7-18)24-13-10-19(11-14-24)17-25-15-12-23-22(25)20-8-2-1-3-9-20/h1-3,8-9,12,15,18-19H,4-7,10-11,13-14,16-17H2. The summed E-state index contributed by atoms with van der Waals surface area (Å²) in [6, 6.07) is 10.4. The number of amides is 1. The van der Waals surface area contributed by atoms with Crippen molar-refractivity contribution in [2.75, 3.05) is 13.1 Å². The minimum absolute atomic E-state index is 0.392. The van der Waals surface area contributed by atoms with Crippen LogP contribution in [0.2, 0.25) is 0 Å². The molecule has 2 aromatic rings. The van der Waals surface area contributed by atoms with Crippen molar-refractivity contribution in [3.8, 4) is 11.4 Å². The summed E-state index contributed by atoms with van der Waals surface area (Å²) in [7, 11) is 0. The predicted molar refractivity (Wildman–Crippen MR) is 104 cm³/mol. The highest BCUT2D eigenvalue weighted by Gasteiger charge is 2.26. The smallest absolute Gasteiger partial charge is 0.222 e. The largest absolute Gasteiger partial charge is 0.343 e. The maximum Gasteiger partial charge on any atom is 0.222 e. The molecule has 1 aliphatic heterocycles. The summed E-state index contributed by atoms with van der Waals surface area (Å²) >= 11 is 0. The Morgan fingerprint density at radius 2 is 1.73 bits per heavy atom. The van der Waals surface area contributed by atoms with Crippen LogP contribution in [0.15, 0.2) is 42.7 Å². The minimum Gasteiger partial charge on any atom is -0.343 e. The van der Waals surface area contributed by atoms with Crippen molar-refractivity contribution in [1.29, 1.82) is 0 Å². The molecule has 0 unspecified atom stereocenters. The van der Waals surface area contributed by atoms with Gasteiger partial charge >= 0.3 is 0 Å². The first kappa shape index (κ1) is 17.3. The Kier molecular flexibility index (Phi) is 5.37. The first-order chi connectivity index (χ1) is 12.8. The average Bonchev–Trinajstić information content (AvgIpc) is 3.35. The molecular weight excluding hydrogens is 322 g/mol. The van der Waals surface area contributed by atoms with E-state index in [0.717, 1.165) is 44.7 Å². The molecule has 0 N–H and O–H groups in total. The van der Waals surface area contributed by atoms with E-state index in [0.29, 0.717) is 17.7 Å². The number of likely N-dealkylation sites (tertiary alicyclic amines) is 1. The maximum atomic E-state index is 12.5. The monoisotopic (exact) mass is 351 g/mol. The second-order valence-corrected chi connectivity index (χ2v) is 7.95. The van der Waals surface area contributed by atoms with Crippen molar-refractivity contribution in [2.45, 2.75) is 51.5 Å². The van der Waals surface area contributed by atoms with Gasteiger partial charge in [0, 0.05) is 44.0 Å². The lowest BCUT2D eigenvalue weighted by Gasteiger charge is -2.33. The maximum absolute atomic E-state index is 12.5. The molecule has 2 fully saturated rings. The molecule has 4 heteroatoms. The van der Waals surface area contributed by atoms with Crippen LogP contribution in [-0.4, -0.2) is 33.4 Å². The number of carbonyl (C=O) groups is 1. The second kappa shape index (κ2) is 8.07. The zero-order chi connectivity index (χ0) is 17.8. The summed E-state index contributed by atoms with van der Waals surface area (Å²) in [6.07, 6.45) is 12.1. The first-order valence-corrected chi connectivity index (χ1v) is 10.1. The summed E-state index contributed by atoms with van der Waals surface area (Å²) in [5, 5.41) is 0. The Labute approximate surface area is 156 Å². The summed E-state index contributed by atoms with van der Waals surface area (Å²) in [5.74, 6) is 2.72. The van der Waals surface area contributed by atoms with E-state index in [1.807, 2.05) is 12.3 Å². The van der Waals surface area contributed by atoms with Gasteiger partial charge in [-0.25, -0.2) is 4.98 Å². The molecule has 1 amide bonds. The van der Waals surface area contributed by atoms with Crippen LogP contribution in [-0.2, 0) is 11.3 Å². The zero-order valence-electron chi connectivity index (χ0n) is 15.5. The third-order valence-electron chi connectivity index (χ3n) is 6.11. The highest BCUT2D eigenvalue weighted by molar-refractivity contribution is 5.76. The fourth-order valence-corrected chi connectivity index (χ4v) is 4.54. The molecule has 138 valence electrons. The van der Waals surface area contributed by atoms with Crippen LogP contribution in [0.1, 0.15) is 44.9 Å². The van der Waals surface area contributed by atoms with Gasteiger partial charge in [-0.15, -0.1) is 0 Å². The van der Waals surface area contributed by atoms with Crippen molar-refractivity contribution in [3.05, 3.63) is 42.7 Å². The van der Waals surface area contributed by atoms with E-state index in [4.69, 9.17) is 0 Å². The van der Waals surface area contributed by atoms with E-state index in [9.17, 15) is 4.79 Å². The van der Waals surface area contributed by atoms with Crippen LogP contribution in [0.25, 0.3) is 11.4 Å². The molecule has 4 rings (SSSR count). The number of carbonyl (C=O) groups excluding carboxylic acids is 1. The van der Waals surface area contributed by atoms with Gasteiger partial charge in [-0.2, -0.15) is 0 Å². The van der Waals surface area contributed by atoms with E-state index in [2.05, 4.69) is 44.9 Å². The van der Waals surface area contributed by atoms with E-state index >= 15 is 0 Å². The van der Waals surface area contributed by atoms with Gasteiger partial charge in [0.15, 0.2) is 0 Å². The van der Waals surface area contributed by atoms with Gasteiger partial charge in [0.05, 0.1) is 0 Å². The number of piperidine rings is 1. The Bertz CT molecular complexity index is 710. The Morgan fingerprint density at radius 3 is 2.46 bits per heavy atom. The molecule has 1 saturated heterocycles. The normalized spacial score (nSPS) is 19.2. The molecule has 0 atom stereocenters. The lowest BCUT2D eigenvalue weighted by molar-refractivity contribution is -0.133. The third kappa shape index (κ3) is 4.00. The van der Waals surface area contributed by atoms with Gasteiger partial charge in [-0.1, -0.05) is 43.2 Å². The average molecular weight is 351 g/mol. The molecule has 0 spiro atoms. The molecule has 2 heterocycles. The number of imidazole rings is 1. The summed E-state index contributed by atoms with van der Waals surface area (Å²) in [5.41, 5.74) is 1.17. The lowest BCUT2D eigenvalue weighted by Crippen LogP contribution is -2.39. The number of aromatic nitrogens is 2. The van der Waals surface area contributed by atoms with Crippen molar-refractivity contribution in [1.82, 2.24) is 14.5 Å². The fourth-order valence-electron chi connectivity index (χ4n) is 4.54. The van der Waals surface area contributed by atoms with Crippen LogP contribution in [0.3, 0.4) is 0 Å². The number of rotatable bonds is 5. The predicted octanol–water partition coefficient (Wildman–Crippen LogP) is 4.37. The van der Waals surface area contributed by atoms with Crippen molar-refractivity contribution in [3.63, 3.8) is 0 Å². The molecule has 0 bridgehead atoms. The number of benzene rings is 1. The Morgan fingerprint density at radius 1 is 1.00 bits per heavy atom. The number of hydrogen-bond donors (Lipinski definition) is 0. The van der Waals surface area contributed by atoms with Crippen LogP contribution >= 0.6 is 0 Å². The first-order valence-electron chi connectivity index (χ1n) is 10.1. The quantitative estimate of drug-likeness (QED) is 0.802. The Balaban J connectivity index is 1.31. The molecule has 0 radical (unpaired) electrons. The number of nitrogens with zero attached hydrogens (tertiary/aromatic N) is 3. The molecule has 1 aliphatic carbocycles. The molecule has 4 nitrogen and oxygen atoms in total. The fraction of sp³-hybridized carbons (Fsp3) is 0.545. The number of hydrogen-bond acceptors (Lipinski definition) is 2. The van der Waals surface area contributed by atoms with Gasteiger partial charge in [0.25, 0.3) is 0 Å². The second-order valence-electron chi connectivity index (χ2n) is 7.95. The summed E-state index contributed by atoms with van der Waals surface area (Å²) in [6.45, 7) is 2.84.